The van der Waals surface area contributed by atoms with E-state index in [9.17, 15) is 17.2 Å². The fourth-order valence-corrected chi connectivity index (χ4v) is 1.51. The Kier molecular flexibility index (Phi) is 4.88. The van der Waals surface area contributed by atoms with Crippen LogP contribution in [0, 0.1) is 12.3 Å². The highest BCUT2D eigenvalue weighted by atomic mass is 32.2. The van der Waals surface area contributed by atoms with Crippen LogP contribution in [-0.2, 0) is 10.0 Å². The maximum absolute atomic E-state index is 11.8. The summed E-state index contributed by atoms with van der Waals surface area (Å²) in [7, 11) is -4.51. The van der Waals surface area contributed by atoms with E-state index >= 15 is 0 Å². The Labute approximate surface area is 76.6 Å². The Morgan fingerprint density at radius 2 is 2.08 bits per heavy atom. The second kappa shape index (κ2) is 5.14. The topological polar surface area (TPSA) is 46.2 Å². The van der Waals surface area contributed by atoms with Crippen molar-refractivity contribution in [2.24, 2.45) is 0 Å². The first-order valence-corrected chi connectivity index (χ1v) is 5.21. The van der Waals surface area contributed by atoms with Gasteiger partial charge in [-0.3, -0.25) is 0 Å². The van der Waals surface area contributed by atoms with Gasteiger partial charge < -0.3 is 0 Å². The molecule has 0 saturated carbocycles. The number of halogens is 2. The summed E-state index contributed by atoms with van der Waals surface area (Å²) >= 11 is 0. The zero-order valence-electron chi connectivity index (χ0n) is 7.13. The van der Waals surface area contributed by atoms with Gasteiger partial charge in [-0.05, 0) is 6.42 Å². The van der Waals surface area contributed by atoms with Gasteiger partial charge in [0.1, 0.15) is 0 Å². The third-order valence-corrected chi connectivity index (χ3v) is 2.55. The van der Waals surface area contributed by atoms with Crippen molar-refractivity contribution in [2.45, 2.75) is 31.6 Å². The summed E-state index contributed by atoms with van der Waals surface area (Å²) < 4.78 is 46.8. The number of hydrogen-bond donors (Lipinski definition) is 1. The van der Waals surface area contributed by atoms with Crippen LogP contribution in [-0.4, -0.2) is 20.2 Å². The Morgan fingerprint density at radius 3 is 2.38 bits per heavy atom. The molecule has 13 heavy (non-hydrogen) atoms. The lowest BCUT2D eigenvalue weighted by Crippen LogP contribution is -2.37. The molecule has 0 aromatic heterocycles. The maximum Gasteiger partial charge on any atom is 0.350 e. The van der Waals surface area contributed by atoms with Gasteiger partial charge in [0.05, 0.1) is 0 Å². The molecule has 6 heteroatoms. The fraction of sp³-hybridized carbons (Fsp3) is 0.714. The summed E-state index contributed by atoms with van der Waals surface area (Å²) in [6.45, 7) is 1.66. The second-order valence-electron chi connectivity index (χ2n) is 2.44. The minimum absolute atomic E-state index is 0.114. The van der Waals surface area contributed by atoms with Crippen molar-refractivity contribution in [1.29, 1.82) is 0 Å². The molecule has 0 rings (SSSR count). The van der Waals surface area contributed by atoms with Gasteiger partial charge in [0.2, 0.25) is 0 Å². The van der Waals surface area contributed by atoms with Crippen LogP contribution in [0.1, 0.15) is 19.8 Å². The largest absolute Gasteiger partial charge is 0.350 e. The molecule has 1 N–H and O–H groups in total. The van der Waals surface area contributed by atoms with Gasteiger partial charge in [0, 0.05) is 12.5 Å². The SMILES string of the molecule is C#CCC(CC)NS(=O)(=O)C(F)F. The molecule has 1 atom stereocenters. The fourth-order valence-electron chi connectivity index (χ4n) is 0.695. The van der Waals surface area contributed by atoms with E-state index < -0.39 is 21.8 Å². The zero-order chi connectivity index (χ0) is 10.5. The molecule has 0 aromatic rings. The lowest BCUT2D eigenvalue weighted by molar-refractivity contribution is 0.231. The van der Waals surface area contributed by atoms with Crippen molar-refractivity contribution < 1.29 is 17.2 Å². The molecule has 0 aliphatic rings. The van der Waals surface area contributed by atoms with Gasteiger partial charge >= 0.3 is 5.76 Å². The van der Waals surface area contributed by atoms with Crippen LogP contribution in [0.2, 0.25) is 0 Å². The van der Waals surface area contributed by atoms with Gasteiger partial charge in [0.15, 0.2) is 0 Å². The van der Waals surface area contributed by atoms with Gasteiger partial charge in [-0.15, -0.1) is 12.3 Å². The Hall–Kier alpha value is -0.670. The van der Waals surface area contributed by atoms with Crippen molar-refractivity contribution in [1.82, 2.24) is 4.72 Å². The molecule has 0 fully saturated rings. The number of sulfonamides is 1. The van der Waals surface area contributed by atoms with E-state index in [1.54, 1.807) is 6.92 Å². The third kappa shape index (κ3) is 4.20. The van der Waals surface area contributed by atoms with Crippen molar-refractivity contribution in [3.05, 3.63) is 0 Å². The summed E-state index contributed by atoms with van der Waals surface area (Å²) in [5.41, 5.74) is 0. The molecule has 0 heterocycles. The molecule has 0 aromatic carbocycles. The number of alkyl halides is 2. The number of rotatable bonds is 5. The molecule has 0 aliphatic heterocycles. The van der Waals surface area contributed by atoms with Crippen LogP contribution in [0.15, 0.2) is 0 Å². The van der Waals surface area contributed by atoms with Crippen LogP contribution < -0.4 is 4.72 Å². The van der Waals surface area contributed by atoms with Crippen LogP contribution >= 0.6 is 0 Å². The van der Waals surface area contributed by atoms with E-state index in [1.165, 1.54) is 0 Å². The smallest absolute Gasteiger partial charge is 0.206 e. The first kappa shape index (κ1) is 12.3. The molecule has 1 unspecified atom stereocenters. The highest BCUT2D eigenvalue weighted by Gasteiger charge is 2.26. The molecule has 3 nitrogen and oxygen atoms in total. The summed E-state index contributed by atoms with van der Waals surface area (Å²) in [6, 6.07) is -0.607. The van der Waals surface area contributed by atoms with E-state index in [2.05, 4.69) is 5.92 Å². The van der Waals surface area contributed by atoms with Crippen molar-refractivity contribution in [3.8, 4) is 12.3 Å². The van der Waals surface area contributed by atoms with Crippen LogP contribution in [0.3, 0.4) is 0 Å². The van der Waals surface area contributed by atoms with Crippen LogP contribution in [0.5, 0.6) is 0 Å². The Bertz CT molecular complexity index is 281. The van der Waals surface area contributed by atoms with Crippen LogP contribution in [0.4, 0.5) is 8.78 Å². The van der Waals surface area contributed by atoms with E-state index in [1.807, 2.05) is 4.72 Å². The van der Waals surface area contributed by atoms with Gasteiger partial charge in [-0.25, -0.2) is 13.1 Å². The number of nitrogens with one attached hydrogen (secondary N) is 1. The maximum atomic E-state index is 11.8. The Morgan fingerprint density at radius 1 is 1.54 bits per heavy atom. The zero-order valence-corrected chi connectivity index (χ0v) is 7.94. The third-order valence-electron chi connectivity index (χ3n) is 1.42. The number of terminal acetylenes is 1. The average molecular weight is 211 g/mol. The first-order chi connectivity index (χ1) is 5.94. The molecular formula is C7H11F2NO2S. The van der Waals surface area contributed by atoms with E-state index in [4.69, 9.17) is 6.42 Å². The normalized spacial score (nSPS) is 14.1. The highest BCUT2D eigenvalue weighted by molar-refractivity contribution is 7.89. The van der Waals surface area contributed by atoms with Crippen molar-refractivity contribution in [3.63, 3.8) is 0 Å². The van der Waals surface area contributed by atoms with E-state index in [-0.39, 0.29) is 6.42 Å². The van der Waals surface area contributed by atoms with Crippen LogP contribution in [0.25, 0.3) is 0 Å². The summed E-state index contributed by atoms with van der Waals surface area (Å²) in [6.07, 6.45) is 5.43. The van der Waals surface area contributed by atoms with Gasteiger partial charge in [-0.2, -0.15) is 8.78 Å². The predicted molar refractivity (Wildman–Crippen MR) is 45.6 cm³/mol. The molecule has 0 amide bonds. The minimum atomic E-state index is -4.51. The standard InChI is InChI=1S/C7H11F2NO2S/c1-3-5-6(4-2)10-13(11,12)7(8)9/h1,6-7,10H,4-5H2,2H3. The molecule has 0 saturated heterocycles. The number of hydrogen-bond acceptors (Lipinski definition) is 2. The van der Waals surface area contributed by atoms with Gasteiger partial charge in [-0.1, -0.05) is 6.92 Å². The second-order valence-corrected chi connectivity index (χ2v) is 4.12. The molecule has 0 radical (unpaired) electrons. The molecule has 76 valence electrons. The Balaban J connectivity index is 4.33. The minimum Gasteiger partial charge on any atom is -0.206 e. The van der Waals surface area contributed by atoms with Gasteiger partial charge in [0.25, 0.3) is 10.0 Å². The lowest BCUT2D eigenvalue weighted by Gasteiger charge is -2.13. The quantitative estimate of drug-likeness (QED) is 0.688. The van der Waals surface area contributed by atoms with Crippen molar-refractivity contribution >= 4 is 10.0 Å². The highest BCUT2D eigenvalue weighted by Crippen LogP contribution is 2.06. The monoisotopic (exact) mass is 211 g/mol. The average Bonchev–Trinajstić information content (AvgIpc) is 2.03. The summed E-state index contributed by atoms with van der Waals surface area (Å²) in [5, 5.41) is 0. The molecular weight excluding hydrogens is 200 g/mol. The van der Waals surface area contributed by atoms with Crippen molar-refractivity contribution in [2.75, 3.05) is 0 Å². The molecule has 0 spiro atoms. The summed E-state index contributed by atoms with van der Waals surface area (Å²) in [5.74, 6) is -1.20. The summed E-state index contributed by atoms with van der Waals surface area (Å²) in [4.78, 5) is 0. The predicted octanol–water partition coefficient (Wildman–Crippen LogP) is 0.930. The van der Waals surface area contributed by atoms with E-state index in [0.29, 0.717) is 6.42 Å². The molecule has 0 aliphatic carbocycles. The lowest BCUT2D eigenvalue weighted by atomic mass is 10.2. The molecule has 0 bridgehead atoms. The first-order valence-electron chi connectivity index (χ1n) is 3.66. The van der Waals surface area contributed by atoms with E-state index in [0.717, 1.165) is 0 Å².